The van der Waals surface area contributed by atoms with Gasteiger partial charge in [-0.25, -0.2) is 0 Å². The highest BCUT2D eigenvalue weighted by atomic mass is 16.2. The summed E-state index contributed by atoms with van der Waals surface area (Å²) in [5.41, 5.74) is 9.04. The minimum absolute atomic E-state index is 0.171. The topological polar surface area (TPSA) is 56.4 Å². The van der Waals surface area contributed by atoms with Gasteiger partial charge in [0.25, 0.3) is 0 Å². The Bertz CT molecular complexity index is 1150. The average molecular weight is 485 g/mol. The number of allylic oxidation sites excluding steroid dienone is 1. The highest BCUT2D eigenvalue weighted by molar-refractivity contribution is 5.94. The Balaban J connectivity index is 1.36. The lowest BCUT2D eigenvalue weighted by Crippen LogP contribution is -2.51. The van der Waals surface area contributed by atoms with Crippen molar-refractivity contribution in [2.75, 3.05) is 30.4 Å². The summed E-state index contributed by atoms with van der Waals surface area (Å²) < 4.78 is 0. The molecule has 2 heterocycles. The van der Waals surface area contributed by atoms with Crippen molar-refractivity contribution >= 4 is 23.0 Å². The van der Waals surface area contributed by atoms with Gasteiger partial charge in [-0.3, -0.25) is 4.79 Å². The highest BCUT2D eigenvalue weighted by Gasteiger charge is 2.47. The molecule has 3 fully saturated rings. The molecule has 190 valence electrons. The number of nitrogens with zero attached hydrogens (tertiary/aromatic N) is 1. The van der Waals surface area contributed by atoms with Crippen molar-refractivity contribution in [3.8, 4) is 0 Å². The zero-order valence-corrected chi connectivity index (χ0v) is 21.9. The molecule has 0 radical (unpaired) electrons. The third kappa shape index (κ3) is 4.43. The van der Waals surface area contributed by atoms with Gasteiger partial charge < -0.3 is 20.9 Å². The van der Waals surface area contributed by atoms with Crippen LogP contribution in [0.5, 0.6) is 0 Å². The first-order valence-electron chi connectivity index (χ1n) is 14.0. The molecular weight excluding hydrogens is 444 g/mol. The van der Waals surface area contributed by atoms with Gasteiger partial charge >= 0.3 is 0 Å². The molecule has 0 aromatic heterocycles. The number of rotatable bonds is 6. The van der Waals surface area contributed by atoms with Crippen LogP contribution in [0.1, 0.15) is 81.0 Å². The number of carbonyl (C=O) groups excluding carboxylic acids is 1. The van der Waals surface area contributed by atoms with Crippen LogP contribution < -0.4 is 20.9 Å². The number of benzene rings is 2. The minimum Gasteiger partial charge on any atom is -0.388 e. The number of anilines is 2. The predicted molar refractivity (Wildman–Crippen MR) is 148 cm³/mol. The van der Waals surface area contributed by atoms with E-state index in [0.717, 1.165) is 24.5 Å². The van der Waals surface area contributed by atoms with E-state index in [1.165, 1.54) is 66.5 Å². The Morgan fingerprint density at radius 2 is 1.72 bits per heavy atom. The van der Waals surface area contributed by atoms with Crippen LogP contribution in [0.4, 0.5) is 11.4 Å². The second-order valence-electron chi connectivity index (χ2n) is 11.3. The van der Waals surface area contributed by atoms with E-state index < -0.39 is 0 Å². The van der Waals surface area contributed by atoms with Gasteiger partial charge in [-0.1, -0.05) is 31.2 Å². The maximum absolute atomic E-state index is 13.0. The van der Waals surface area contributed by atoms with Gasteiger partial charge in [0.05, 0.1) is 6.04 Å². The molecule has 5 heteroatoms. The standard InChI is InChI=1S/C31H40N4O/c1-19-29(34-26-11-8-23(9-12-26)30(32-3)22-4-5-22)27-18-25(21-14-16-33-17-15-21)10-13-28(27)35(20(2)36)31(19)24-6-7-24/h8-13,18-19,21,24,29,31-34H,4-7,14-17H2,1-3H3/t19?,29?,31-/m1/s1. The molecule has 2 aliphatic heterocycles. The summed E-state index contributed by atoms with van der Waals surface area (Å²) in [4.78, 5) is 15.1. The number of hydrogen-bond donors (Lipinski definition) is 3. The van der Waals surface area contributed by atoms with Gasteiger partial charge in [0, 0.05) is 43.0 Å². The third-order valence-corrected chi connectivity index (χ3v) is 8.86. The zero-order valence-electron chi connectivity index (χ0n) is 21.9. The molecule has 2 aromatic rings. The molecular formula is C31H40N4O. The molecule has 2 aliphatic carbocycles. The fourth-order valence-corrected chi connectivity index (χ4v) is 6.74. The fourth-order valence-electron chi connectivity index (χ4n) is 6.74. The quantitative estimate of drug-likeness (QED) is 0.484. The summed E-state index contributed by atoms with van der Waals surface area (Å²) in [6.07, 6.45) is 7.23. The normalized spacial score (nSPS) is 25.8. The molecule has 36 heavy (non-hydrogen) atoms. The van der Waals surface area contributed by atoms with Crippen LogP contribution in [0.2, 0.25) is 0 Å². The van der Waals surface area contributed by atoms with Crippen molar-refractivity contribution in [3.63, 3.8) is 0 Å². The third-order valence-electron chi connectivity index (χ3n) is 8.86. The van der Waals surface area contributed by atoms with Gasteiger partial charge in [-0.2, -0.15) is 0 Å². The summed E-state index contributed by atoms with van der Waals surface area (Å²) in [6, 6.07) is 16.3. The summed E-state index contributed by atoms with van der Waals surface area (Å²) in [5.74, 6) is 1.70. The van der Waals surface area contributed by atoms with Crippen molar-refractivity contribution in [2.24, 2.45) is 11.8 Å². The van der Waals surface area contributed by atoms with E-state index in [0.29, 0.717) is 17.8 Å². The summed E-state index contributed by atoms with van der Waals surface area (Å²) in [6.45, 7) is 6.26. The fraction of sp³-hybridized carbons (Fsp3) is 0.516. The van der Waals surface area contributed by atoms with Crippen LogP contribution in [0.3, 0.4) is 0 Å². The van der Waals surface area contributed by atoms with Crippen LogP contribution in [-0.4, -0.2) is 32.1 Å². The molecule has 0 spiro atoms. The Morgan fingerprint density at radius 3 is 2.33 bits per heavy atom. The van der Waals surface area contributed by atoms with Gasteiger partial charge in [-0.05, 0) is 104 Å². The highest BCUT2D eigenvalue weighted by Crippen LogP contribution is 2.50. The lowest BCUT2D eigenvalue weighted by atomic mass is 9.78. The Kier molecular flexibility index (Phi) is 6.28. The van der Waals surface area contributed by atoms with Gasteiger partial charge in [-0.15, -0.1) is 0 Å². The molecule has 1 saturated heterocycles. The summed E-state index contributed by atoms with van der Waals surface area (Å²) >= 11 is 0. The number of amides is 1. The second-order valence-corrected chi connectivity index (χ2v) is 11.3. The van der Waals surface area contributed by atoms with Crippen LogP contribution >= 0.6 is 0 Å². The van der Waals surface area contributed by atoms with Crippen molar-refractivity contribution in [3.05, 3.63) is 64.7 Å². The van der Waals surface area contributed by atoms with E-state index in [9.17, 15) is 4.79 Å². The van der Waals surface area contributed by atoms with Crippen LogP contribution in [0, 0.1) is 11.8 Å². The predicted octanol–water partition coefficient (Wildman–Crippen LogP) is 5.81. The average Bonchev–Trinajstić information content (AvgIpc) is 3.81. The van der Waals surface area contributed by atoms with E-state index in [2.05, 4.69) is 70.2 Å². The minimum atomic E-state index is 0.171. The molecule has 4 aliphatic rings. The first-order chi connectivity index (χ1) is 17.5. The summed E-state index contributed by atoms with van der Waals surface area (Å²) in [7, 11) is 2.02. The zero-order chi connectivity index (χ0) is 24.8. The molecule has 2 aromatic carbocycles. The molecule has 2 saturated carbocycles. The first kappa shape index (κ1) is 23.6. The lowest BCUT2D eigenvalue weighted by Gasteiger charge is -2.46. The maximum Gasteiger partial charge on any atom is 0.224 e. The van der Waals surface area contributed by atoms with Crippen molar-refractivity contribution in [1.82, 2.24) is 10.6 Å². The van der Waals surface area contributed by atoms with Crippen LogP contribution in [-0.2, 0) is 4.79 Å². The van der Waals surface area contributed by atoms with Gasteiger partial charge in [0.1, 0.15) is 0 Å². The number of piperidine rings is 1. The maximum atomic E-state index is 13.0. The molecule has 1 amide bonds. The van der Waals surface area contributed by atoms with E-state index in [4.69, 9.17) is 0 Å². The first-order valence-corrected chi connectivity index (χ1v) is 14.0. The summed E-state index contributed by atoms with van der Waals surface area (Å²) in [5, 5.41) is 10.8. The molecule has 2 unspecified atom stereocenters. The number of carbonyl (C=O) groups is 1. The molecule has 6 rings (SSSR count). The lowest BCUT2D eigenvalue weighted by molar-refractivity contribution is -0.117. The molecule has 3 atom stereocenters. The Hall–Kier alpha value is -2.79. The smallest absolute Gasteiger partial charge is 0.224 e. The largest absolute Gasteiger partial charge is 0.388 e. The SMILES string of the molecule is CNC(=C1CC1)c1ccc(NC2c3cc(C4CCNCC4)ccc3N(C(C)=O)[C@@H](C3CC3)C2C)cc1. The van der Waals surface area contributed by atoms with Gasteiger partial charge in [0.15, 0.2) is 0 Å². The molecule has 0 bridgehead atoms. The molecule has 5 nitrogen and oxygen atoms in total. The number of hydrogen-bond acceptors (Lipinski definition) is 4. The number of fused-ring (bicyclic) bond motifs is 1. The second kappa shape index (κ2) is 9.59. The van der Waals surface area contributed by atoms with Crippen molar-refractivity contribution in [1.29, 1.82) is 0 Å². The van der Waals surface area contributed by atoms with E-state index >= 15 is 0 Å². The molecule has 3 N–H and O–H groups in total. The van der Waals surface area contributed by atoms with E-state index in [1.54, 1.807) is 6.92 Å². The Morgan fingerprint density at radius 1 is 1.00 bits per heavy atom. The van der Waals surface area contributed by atoms with E-state index in [-0.39, 0.29) is 18.0 Å². The van der Waals surface area contributed by atoms with Crippen molar-refractivity contribution in [2.45, 2.75) is 70.4 Å². The van der Waals surface area contributed by atoms with Gasteiger partial charge in [0.2, 0.25) is 5.91 Å². The Labute approximate surface area is 215 Å². The van der Waals surface area contributed by atoms with Crippen LogP contribution in [0.25, 0.3) is 5.70 Å². The number of nitrogens with one attached hydrogen (secondary N) is 3. The monoisotopic (exact) mass is 484 g/mol. The van der Waals surface area contributed by atoms with Crippen molar-refractivity contribution < 1.29 is 4.79 Å². The van der Waals surface area contributed by atoms with E-state index in [1.807, 2.05) is 7.05 Å². The van der Waals surface area contributed by atoms with Crippen LogP contribution in [0.15, 0.2) is 48.0 Å².